The van der Waals surface area contributed by atoms with Gasteiger partial charge < -0.3 is 9.52 Å². The van der Waals surface area contributed by atoms with Gasteiger partial charge in [-0.15, -0.1) is 11.3 Å². The Hall–Kier alpha value is -1.33. The first-order valence-corrected chi connectivity index (χ1v) is 6.30. The summed E-state index contributed by atoms with van der Waals surface area (Å²) in [4.78, 5) is 15.9. The summed E-state index contributed by atoms with van der Waals surface area (Å²) in [6.07, 6.45) is 1.40. The van der Waals surface area contributed by atoms with Crippen molar-refractivity contribution in [3.05, 3.63) is 27.9 Å². The van der Waals surface area contributed by atoms with E-state index in [1.165, 1.54) is 11.3 Å². The summed E-state index contributed by atoms with van der Waals surface area (Å²) in [5, 5.41) is 9.00. The number of nitrogens with zero attached hydrogens (tertiary/aromatic N) is 1. The number of aryl methyl sites for hydroxylation is 1. The second-order valence-electron chi connectivity index (χ2n) is 3.45. The van der Waals surface area contributed by atoms with Gasteiger partial charge in [-0.2, -0.15) is 0 Å². The number of carboxylic acids is 1. The molecule has 90 valence electrons. The molecule has 0 unspecified atom stereocenters. The van der Waals surface area contributed by atoms with Gasteiger partial charge in [0.25, 0.3) is 0 Å². The first-order valence-electron chi connectivity index (χ1n) is 5.10. The average Bonchev–Trinajstić information content (AvgIpc) is 2.85. The van der Waals surface area contributed by atoms with E-state index in [2.05, 4.69) is 4.98 Å². The Balaban J connectivity index is 2.43. The van der Waals surface area contributed by atoms with E-state index in [0.717, 1.165) is 11.3 Å². The Morgan fingerprint density at radius 2 is 2.35 bits per heavy atom. The van der Waals surface area contributed by atoms with E-state index >= 15 is 0 Å². The van der Waals surface area contributed by atoms with Gasteiger partial charge in [-0.1, -0.05) is 24.9 Å². The monoisotopic (exact) mass is 271 g/mol. The molecule has 0 aliphatic carbocycles. The molecular formula is C11H10ClNO3S. The van der Waals surface area contributed by atoms with Crippen molar-refractivity contribution >= 4 is 28.9 Å². The number of rotatable bonds is 4. The highest BCUT2D eigenvalue weighted by molar-refractivity contribution is 7.19. The summed E-state index contributed by atoms with van der Waals surface area (Å²) >= 11 is 7.12. The molecule has 0 fully saturated rings. The molecule has 0 bridgehead atoms. The van der Waals surface area contributed by atoms with Crippen LogP contribution in [0.4, 0.5) is 0 Å². The first-order chi connectivity index (χ1) is 8.11. The van der Waals surface area contributed by atoms with Gasteiger partial charge in [0.2, 0.25) is 11.7 Å². The van der Waals surface area contributed by atoms with Crippen molar-refractivity contribution in [3.63, 3.8) is 0 Å². The minimum Gasteiger partial charge on any atom is -0.475 e. The van der Waals surface area contributed by atoms with E-state index < -0.39 is 5.97 Å². The largest absolute Gasteiger partial charge is 0.475 e. The molecule has 0 radical (unpaired) electrons. The van der Waals surface area contributed by atoms with E-state index in [9.17, 15) is 4.79 Å². The third kappa shape index (κ3) is 2.50. The van der Waals surface area contributed by atoms with Crippen LogP contribution in [-0.4, -0.2) is 16.1 Å². The van der Waals surface area contributed by atoms with Crippen molar-refractivity contribution in [1.29, 1.82) is 0 Å². The Kier molecular flexibility index (Phi) is 3.49. The summed E-state index contributed by atoms with van der Waals surface area (Å²) in [6, 6.07) is 3.49. The van der Waals surface area contributed by atoms with Crippen LogP contribution in [0.1, 0.15) is 29.6 Å². The predicted octanol–water partition coefficient (Wildman–Crippen LogP) is 3.71. The van der Waals surface area contributed by atoms with E-state index in [1.807, 2.05) is 6.92 Å². The number of hydrogen-bond donors (Lipinski definition) is 1. The van der Waals surface area contributed by atoms with E-state index in [-0.39, 0.29) is 5.76 Å². The van der Waals surface area contributed by atoms with E-state index in [1.54, 1.807) is 12.1 Å². The van der Waals surface area contributed by atoms with Gasteiger partial charge in [-0.3, -0.25) is 0 Å². The fourth-order valence-electron chi connectivity index (χ4n) is 1.46. The lowest BCUT2D eigenvalue weighted by Crippen LogP contribution is -1.99. The molecule has 0 atom stereocenters. The maximum Gasteiger partial charge on any atom is 0.373 e. The zero-order valence-electron chi connectivity index (χ0n) is 9.07. The molecule has 2 aromatic rings. The Morgan fingerprint density at radius 1 is 1.59 bits per heavy atom. The van der Waals surface area contributed by atoms with Crippen molar-refractivity contribution in [1.82, 2.24) is 4.98 Å². The fraction of sp³-hybridized carbons (Fsp3) is 0.273. The van der Waals surface area contributed by atoms with Crippen LogP contribution in [0.3, 0.4) is 0 Å². The molecule has 2 aromatic heterocycles. The molecule has 2 heterocycles. The molecule has 0 amide bonds. The molecule has 2 rings (SSSR count). The summed E-state index contributed by atoms with van der Waals surface area (Å²) in [5.74, 6) is -0.844. The molecule has 0 aliphatic rings. The highest BCUT2D eigenvalue weighted by Crippen LogP contribution is 2.31. The second kappa shape index (κ2) is 4.89. The molecular weight excluding hydrogens is 262 g/mol. The molecule has 4 nitrogen and oxygen atoms in total. The predicted molar refractivity (Wildman–Crippen MR) is 65.8 cm³/mol. The number of hydrogen-bond acceptors (Lipinski definition) is 4. The molecule has 0 aliphatic heterocycles. The lowest BCUT2D eigenvalue weighted by Gasteiger charge is -1.91. The molecule has 0 saturated heterocycles. The lowest BCUT2D eigenvalue weighted by molar-refractivity contribution is 0.0662. The van der Waals surface area contributed by atoms with E-state index in [4.69, 9.17) is 21.1 Å². The van der Waals surface area contributed by atoms with Crippen LogP contribution in [-0.2, 0) is 6.42 Å². The smallest absolute Gasteiger partial charge is 0.373 e. The van der Waals surface area contributed by atoms with Crippen LogP contribution in [0.2, 0.25) is 4.34 Å². The van der Waals surface area contributed by atoms with Crippen LogP contribution in [0.15, 0.2) is 16.5 Å². The molecule has 6 heteroatoms. The van der Waals surface area contributed by atoms with Crippen LogP contribution in [0.25, 0.3) is 10.8 Å². The molecule has 0 saturated carbocycles. The SMILES string of the molecule is CCCc1nc(-c2ccc(Cl)s2)oc1C(=O)O. The van der Waals surface area contributed by atoms with Gasteiger partial charge in [-0.05, 0) is 18.6 Å². The van der Waals surface area contributed by atoms with Crippen LogP contribution in [0, 0.1) is 0 Å². The summed E-state index contributed by atoms with van der Waals surface area (Å²) < 4.78 is 5.89. The zero-order chi connectivity index (χ0) is 12.4. The topological polar surface area (TPSA) is 63.3 Å². The summed E-state index contributed by atoms with van der Waals surface area (Å²) in [6.45, 7) is 1.96. The third-order valence-corrected chi connectivity index (χ3v) is 3.38. The highest BCUT2D eigenvalue weighted by Gasteiger charge is 2.20. The van der Waals surface area contributed by atoms with Crippen LogP contribution < -0.4 is 0 Å². The quantitative estimate of drug-likeness (QED) is 0.921. The Bertz CT molecular complexity index is 547. The van der Waals surface area contributed by atoms with Gasteiger partial charge in [0.05, 0.1) is 14.9 Å². The number of oxazole rings is 1. The lowest BCUT2D eigenvalue weighted by atomic mass is 10.2. The minimum atomic E-state index is -1.09. The highest BCUT2D eigenvalue weighted by atomic mass is 35.5. The Labute approximate surface area is 107 Å². The van der Waals surface area contributed by atoms with Crippen molar-refractivity contribution in [2.24, 2.45) is 0 Å². The Morgan fingerprint density at radius 3 is 2.88 bits per heavy atom. The normalized spacial score (nSPS) is 10.7. The van der Waals surface area contributed by atoms with Crippen molar-refractivity contribution in [2.45, 2.75) is 19.8 Å². The molecule has 1 N–H and O–H groups in total. The number of carbonyl (C=O) groups is 1. The zero-order valence-corrected chi connectivity index (χ0v) is 10.6. The van der Waals surface area contributed by atoms with Crippen molar-refractivity contribution in [3.8, 4) is 10.8 Å². The third-order valence-electron chi connectivity index (χ3n) is 2.16. The van der Waals surface area contributed by atoms with Gasteiger partial charge >= 0.3 is 5.97 Å². The maximum absolute atomic E-state index is 11.0. The van der Waals surface area contributed by atoms with Gasteiger partial charge in [0.1, 0.15) is 0 Å². The second-order valence-corrected chi connectivity index (χ2v) is 5.17. The number of thiophene rings is 1. The molecule has 17 heavy (non-hydrogen) atoms. The molecule has 0 spiro atoms. The van der Waals surface area contributed by atoms with Crippen molar-refractivity contribution in [2.75, 3.05) is 0 Å². The fourth-order valence-corrected chi connectivity index (χ4v) is 2.43. The summed E-state index contributed by atoms with van der Waals surface area (Å²) in [5.41, 5.74) is 0.486. The van der Waals surface area contributed by atoms with Gasteiger partial charge in [0.15, 0.2) is 0 Å². The standard InChI is InChI=1S/C11H10ClNO3S/c1-2-3-6-9(11(14)15)16-10(13-6)7-4-5-8(12)17-7/h4-5H,2-3H2,1H3,(H,14,15). The van der Waals surface area contributed by atoms with Crippen molar-refractivity contribution < 1.29 is 14.3 Å². The minimum absolute atomic E-state index is 0.0774. The summed E-state index contributed by atoms with van der Waals surface area (Å²) in [7, 11) is 0. The van der Waals surface area contributed by atoms with E-state index in [0.29, 0.717) is 22.3 Å². The van der Waals surface area contributed by atoms with Crippen LogP contribution >= 0.6 is 22.9 Å². The number of aromatic nitrogens is 1. The van der Waals surface area contributed by atoms with Crippen LogP contribution in [0.5, 0.6) is 0 Å². The molecule has 0 aromatic carbocycles. The van der Waals surface area contributed by atoms with Gasteiger partial charge in [0, 0.05) is 0 Å². The number of halogens is 1. The number of aromatic carboxylic acids is 1. The van der Waals surface area contributed by atoms with Gasteiger partial charge in [-0.25, -0.2) is 9.78 Å². The maximum atomic E-state index is 11.0. The number of carboxylic acid groups (broad SMARTS) is 1. The average molecular weight is 272 g/mol. The first kappa shape index (κ1) is 12.1.